The summed E-state index contributed by atoms with van der Waals surface area (Å²) in [5.74, 6) is 0.118. The summed E-state index contributed by atoms with van der Waals surface area (Å²) < 4.78 is 1.19. The zero-order valence-corrected chi connectivity index (χ0v) is 16.6. The SMILES string of the molecule is [CH3][Sn]([CH3])([CH3])[c]1[nH]cc(-c2ccccc2)c1C(=O)c1ccccc1. The topological polar surface area (TPSA) is 32.9 Å². The quantitative estimate of drug-likeness (QED) is 0.500. The molecule has 0 bridgehead atoms. The number of aromatic amines is 1. The summed E-state index contributed by atoms with van der Waals surface area (Å²) in [6.45, 7) is 0. The van der Waals surface area contributed by atoms with Crippen LogP contribution in [0.3, 0.4) is 0 Å². The van der Waals surface area contributed by atoms with Crippen LogP contribution in [0.2, 0.25) is 14.8 Å². The van der Waals surface area contributed by atoms with E-state index in [1.165, 1.54) is 3.71 Å². The second-order valence-corrected chi connectivity index (χ2v) is 21.0. The van der Waals surface area contributed by atoms with E-state index >= 15 is 0 Å². The molecule has 3 rings (SSSR count). The first-order valence-electron chi connectivity index (χ1n) is 7.85. The third-order valence-corrected chi connectivity index (χ3v) is 9.38. The van der Waals surface area contributed by atoms with Crippen LogP contribution in [-0.2, 0) is 0 Å². The number of ketones is 1. The molecule has 0 aliphatic carbocycles. The minimum absolute atomic E-state index is 0.118. The second-order valence-electron chi connectivity index (χ2n) is 6.76. The van der Waals surface area contributed by atoms with Crippen LogP contribution in [0.1, 0.15) is 15.9 Å². The third-order valence-electron chi connectivity index (χ3n) is 3.98. The van der Waals surface area contributed by atoms with E-state index in [2.05, 4.69) is 31.9 Å². The van der Waals surface area contributed by atoms with Gasteiger partial charge in [0.25, 0.3) is 0 Å². The Kier molecular flexibility index (Phi) is 4.44. The van der Waals surface area contributed by atoms with Gasteiger partial charge in [-0.1, -0.05) is 0 Å². The number of nitrogens with one attached hydrogen (secondary N) is 1. The standard InChI is InChI=1S/C17H12NO.3CH3.Sn/c19-17(14-9-5-2-6-10-14)16-12-18-11-15(16)13-7-3-1-4-8-13;;;;/h1-11,18H;3*1H3;. The van der Waals surface area contributed by atoms with Crippen molar-refractivity contribution in [1.29, 1.82) is 0 Å². The Bertz CT molecular complexity index is 814. The van der Waals surface area contributed by atoms with Gasteiger partial charge in [-0.3, -0.25) is 0 Å². The number of carbonyl (C=O) groups is 1. The molecular weight excluding hydrogens is 389 g/mol. The molecule has 0 radical (unpaired) electrons. The summed E-state index contributed by atoms with van der Waals surface area (Å²) in [5, 5.41) is 0. The Morgan fingerprint density at radius 1 is 0.870 bits per heavy atom. The number of hydrogen-bond donors (Lipinski definition) is 1. The predicted octanol–water partition coefficient (Wildman–Crippen LogP) is 4.46. The van der Waals surface area contributed by atoms with Crippen LogP contribution < -0.4 is 3.71 Å². The number of rotatable bonds is 4. The molecule has 0 amide bonds. The molecule has 1 N–H and O–H groups in total. The van der Waals surface area contributed by atoms with Gasteiger partial charge in [0.2, 0.25) is 0 Å². The van der Waals surface area contributed by atoms with Crippen molar-refractivity contribution in [2.45, 2.75) is 14.8 Å². The molecule has 116 valence electrons. The summed E-state index contributed by atoms with van der Waals surface area (Å²) in [6, 6.07) is 19.7. The van der Waals surface area contributed by atoms with Crippen LogP contribution in [-0.4, -0.2) is 29.1 Å². The van der Waals surface area contributed by atoms with Crippen LogP contribution in [0.15, 0.2) is 66.9 Å². The maximum atomic E-state index is 13.2. The van der Waals surface area contributed by atoms with Crippen LogP contribution in [0, 0.1) is 0 Å². The van der Waals surface area contributed by atoms with Gasteiger partial charge in [-0.2, -0.15) is 0 Å². The van der Waals surface area contributed by atoms with Crippen molar-refractivity contribution in [2.75, 3.05) is 0 Å². The average Bonchev–Trinajstić information content (AvgIpc) is 3.01. The summed E-state index contributed by atoms with van der Waals surface area (Å²) in [5.41, 5.74) is 3.72. The van der Waals surface area contributed by atoms with E-state index in [0.717, 1.165) is 22.3 Å². The number of aromatic nitrogens is 1. The molecule has 3 aromatic rings. The molecule has 0 spiro atoms. The van der Waals surface area contributed by atoms with E-state index in [-0.39, 0.29) is 5.78 Å². The van der Waals surface area contributed by atoms with E-state index in [4.69, 9.17) is 0 Å². The van der Waals surface area contributed by atoms with Crippen molar-refractivity contribution < 1.29 is 4.79 Å². The monoisotopic (exact) mass is 411 g/mol. The predicted molar refractivity (Wildman–Crippen MR) is 99.1 cm³/mol. The Morgan fingerprint density at radius 2 is 1.43 bits per heavy atom. The minimum atomic E-state index is -2.45. The van der Waals surface area contributed by atoms with E-state index in [9.17, 15) is 4.79 Å². The fraction of sp³-hybridized carbons (Fsp3) is 0.150. The Balaban J connectivity index is 2.20. The first-order chi connectivity index (χ1) is 11.0. The molecule has 3 heteroatoms. The molecule has 2 nitrogen and oxygen atoms in total. The van der Waals surface area contributed by atoms with Crippen molar-refractivity contribution in [3.63, 3.8) is 0 Å². The zero-order chi connectivity index (χ0) is 16.4. The van der Waals surface area contributed by atoms with Crippen LogP contribution in [0.5, 0.6) is 0 Å². The third kappa shape index (κ3) is 3.27. The summed E-state index contributed by atoms with van der Waals surface area (Å²) in [7, 11) is 0. The van der Waals surface area contributed by atoms with Crippen molar-refractivity contribution >= 4 is 27.9 Å². The van der Waals surface area contributed by atoms with Gasteiger partial charge in [0.1, 0.15) is 0 Å². The molecule has 1 aromatic heterocycles. The molecule has 23 heavy (non-hydrogen) atoms. The first kappa shape index (κ1) is 16.1. The molecule has 0 aliphatic heterocycles. The zero-order valence-electron chi connectivity index (χ0n) is 13.8. The molecule has 0 saturated carbocycles. The Morgan fingerprint density at radius 3 is 2.00 bits per heavy atom. The molecule has 0 unspecified atom stereocenters. The van der Waals surface area contributed by atoms with Gasteiger partial charge in [0.15, 0.2) is 0 Å². The van der Waals surface area contributed by atoms with Gasteiger partial charge in [-0.05, 0) is 0 Å². The van der Waals surface area contributed by atoms with E-state index in [1.54, 1.807) is 0 Å². The first-order valence-corrected chi connectivity index (χ1v) is 17.8. The molecule has 0 saturated heterocycles. The fourth-order valence-corrected chi connectivity index (χ4v) is 7.12. The van der Waals surface area contributed by atoms with Crippen molar-refractivity contribution in [3.8, 4) is 11.1 Å². The molecule has 0 aliphatic rings. The molecule has 0 atom stereocenters. The Labute approximate surface area is 141 Å². The number of hydrogen-bond acceptors (Lipinski definition) is 1. The van der Waals surface area contributed by atoms with Gasteiger partial charge in [0.05, 0.1) is 0 Å². The van der Waals surface area contributed by atoms with Crippen molar-refractivity contribution in [3.05, 3.63) is 78.0 Å². The number of benzene rings is 2. The maximum absolute atomic E-state index is 13.2. The number of carbonyl (C=O) groups excluding carboxylic acids is 1. The van der Waals surface area contributed by atoms with E-state index < -0.39 is 18.4 Å². The Hall–Kier alpha value is -1.81. The molecule has 0 fully saturated rings. The summed E-state index contributed by atoms with van der Waals surface area (Å²) in [6.07, 6.45) is 2.00. The second kappa shape index (κ2) is 6.36. The summed E-state index contributed by atoms with van der Waals surface area (Å²) >= 11 is -2.45. The molecular formula is C20H21NOSn. The normalized spacial score (nSPS) is 11.4. The fourth-order valence-electron chi connectivity index (χ4n) is 2.83. The van der Waals surface area contributed by atoms with Gasteiger partial charge in [-0.25, -0.2) is 0 Å². The van der Waals surface area contributed by atoms with Crippen LogP contribution >= 0.6 is 0 Å². The van der Waals surface area contributed by atoms with Gasteiger partial charge in [0, 0.05) is 0 Å². The number of H-pyrrole nitrogens is 1. The van der Waals surface area contributed by atoms with Gasteiger partial charge in [-0.15, -0.1) is 0 Å². The molecule has 2 aromatic carbocycles. The van der Waals surface area contributed by atoms with Gasteiger partial charge >= 0.3 is 142 Å². The molecule has 1 heterocycles. The summed E-state index contributed by atoms with van der Waals surface area (Å²) in [4.78, 5) is 23.6. The van der Waals surface area contributed by atoms with Crippen molar-refractivity contribution in [2.24, 2.45) is 0 Å². The van der Waals surface area contributed by atoms with E-state index in [0.29, 0.717) is 0 Å². The average molecular weight is 410 g/mol. The van der Waals surface area contributed by atoms with Gasteiger partial charge < -0.3 is 0 Å². The van der Waals surface area contributed by atoms with E-state index in [1.807, 2.05) is 54.7 Å². The van der Waals surface area contributed by atoms with Crippen LogP contribution in [0.25, 0.3) is 11.1 Å². The van der Waals surface area contributed by atoms with Crippen molar-refractivity contribution in [1.82, 2.24) is 4.98 Å². The van der Waals surface area contributed by atoms with Crippen LogP contribution in [0.4, 0.5) is 0 Å².